The Balaban J connectivity index is 1.58. The van der Waals surface area contributed by atoms with Crippen molar-refractivity contribution in [1.29, 1.82) is 0 Å². The Labute approximate surface area is 132 Å². The Morgan fingerprint density at radius 1 is 1.25 bits per heavy atom. The lowest BCUT2D eigenvalue weighted by Crippen LogP contribution is -2.30. The molecule has 0 atom stereocenters. The van der Waals surface area contributed by atoms with E-state index in [1.54, 1.807) is 11.3 Å². The van der Waals surface area contributed by atoms with Gasteiger partial charge < -0.3 is 10.2 Å². The summed E-state index contributed by atoms with van der Waals surface area (Å²) in [4.78, 5) is 8.27. The molecule has 5 heteroatoms. The second-order valence-corrected chi connectivity index (χ2v) is 6.95. The second-order valence-electron chi connectivity index (χ2n) is 5.04. The highest BCUT2D eigenvalue weighted by Crippen LogP contribution is 2.22. The Morgan fingerprint density at radius 2 is 2.10 bits per heavy atom. The molecule has 1 aliphatic heterocycles. The van der Waals surface area contributed by atoms with E-state index in [0.29, 0.717) is 0 Å². The predicted molar refractivity (Wildman–Crippen MR) is 89.6 cm³/mol. The summed E-state index contributed by atoms with van der Waals surface area (Å²) in [7, 11) is 0. The first-order chi connectivity index (χ1) is 9.81. The number of pyridine rings is 1. The van der Waals surface area contributed by atoms with Crippen LogP contribution in [-0.4, -0.2) is 18.1 Å². The normalized spacial score (nSPS) is 15.3. The molecule has 3 nitrogen and oxygen atoms in total. The molecular weight excluding hydrogens is 334 g/mol. The molecule has 2 aromatic rings. The fourth-order valence-corrected chi connectivity index (χ4v) is 3.83. The highest BCUT2D eigenvalue weighted by atomic mass is 79.9. The van der Waals surface area contributed by atoms with Crippen LogP contribution in [0, 0.1) is 0 Å². The van der Waals surface area contributed by atoms with Gasteiger partial charge in [-0.1, -0.05) is 0 Å². The van der Waals surface area contributed by atoms with Crippen LogP contribution < -0.4 is 10.2 Å². The molecular formula is C15H18BrN3S. The monoisotopic (exact) mass is 351 g/mol. The van der Waals surface area contributed by atoms with Crippen LogP contribution in [0.2, 0.25) is 0 Å². The van der Waals surface area contributed by atoms with E-state index in [1.807, 2.05) is 6.20 Å². The lowest BCUT2D eigenvalue weighted by molar-refractivity contribution is 0.573. The molecule has 0 saturated carbocycles. The maximum atomic E-state index is 4.58. The molecule has 1 saturated heterocycles. The number of hydrogen-bond acceptors (Lipinski definition) is 4. The molecule has 0 aromatic carbocycles. The highest BCUT2D eigenvalue weighted by Gasteiger charge is 2.11. The van der Waals surface area contributed by atoms with Crippen LogP contribution in [0.3, 0.4) is 0 Å². The summed E-state index contributed by atoms with van der Waals surface area (Å²) in [5.74, 6) is 1.11. The maximum Gasteiger partial charge on any atom is 0.128 e. The largest absolute Gasteiger partial charge is 0.379 e. The van der Waals surface area contributed by atoms with Gasteiger partial charge in [0.1, 0.15) is 5.82 Å². The summed E-state index contributed by atoms with van der Waals surface area (Å²) in [6, 6.07) is 6.39. The zero-order chi connectivity index (χ0) is 13.8. The second kappa shape index (κ2) is 6.59. The molecule has 106 valence electrons. The van der Waals surface area contributed by atoms with Gasteiger partial charge in [0.25, 0.3) is 0 Å². The van der Waals surface area contributed by atoms with Gasteiger partial charge >= 0.3 is 0 Å². The average molecular weight is 352 g/mol. The van der Waals surface area contributed by atoms with Crippen molar-refractivity contribution in [3.8, 4) is 0 Å². The molecule has 3 heterocycles. The van der Waals surface area contributed by atoms with Crippen LogP contribution in [0.25, 0.3) is 0 Å². The third-order valence-corrected chi connectivity index (χ3v) is 5.21. The van der Waals surface area contributed by atoms with E-state index in [2.05, 4.69) is 54.7 Å². The molecule has 1 aliphatic rings. The fourth-order valence-electron chi connectivity index (χ4n) is 2.44. The molecule has 1 N–H and O–H groups in total. The summed E-state index contributed by atoms with van der Waals surface area (Å²) < 4.78 is 1.15. The Bertz CT molecular complexity index is 547. The third-order valence-electron chi connectivity index (χ3n) is 3.52. The molecule has 2 aromatic heterocycles. The number of thiophene rings is 1. The number of aromatic nitrogens is 1. The van der Waals surface area contributed by atoms with Gasteiger partial charge in [-0.2, -0.15) is 0 Å². The van der Waals surface area contributed by atoms with Crippen molar-refractivity contribution in [1.82, 2.24) is 4.98 Å². The van der Waals surface area contributed by atoms with E-state index in [0.717, 1.165) is 35.6 Å². The van der Waals surface area contributed by atoms with Crippen LogP contribution in [0.5, 0.6) is 0 Å². The van der Waals surface area contributed by atoms with Crippen molar-refractivity contribution in [2.75, 3.05) is 23.3 Å². The summed E-state index contributed by atoms with van der Waals surface area (Å²) in [6.45, 7) is 3.13. The van der Waals surface area contributed by atoms with Gasteiger partial charge in [0.05, 0.1) is 11.9 Å². The minimum atomic E-state index is 0.848. The van der Waals surface area contributed by atoms with Crippen molar-refractivity contribution in [3.63, 3.8) is 0 Å². The standard InChI is InChI=1S/C15H18BrN3S/c16-12-8-14(20-11-12)10-17-13-4-5-15(18-9-13)19-6-2-1-3-7-19/h4-5,8-9,11,17H,1-3,6-7,10H2. The summed E-state index contributed by atoms with van der Waals surface area (Å²) in [6.07, 6.45) is 5.86. The third kappa shape index (κ3) is 3.52. The first-order valence-electron chi connectivity index (χ1n) is 6.99. The van der Waals surface area contributed by atoms with Crippen LogP contribution in [0.15, 0.2) is 34.2 Å². The van der Waals surface area contributed by atoms with Crippen LogP contribution in [-0.2, 0) is 6.54 Å². The molecule has 0 bridgehead atoms. The van der Waals surface area contributed by atoms with E-state index in [-0.39, 0.29) is 0 Å². The molecule has 0 amide bonds. The quantitative estimate of drug-likeness (QED) is 0.878. The van der Waals surface area contributed by atoms with Crippen LogP contribution >= 0.6 is 27.3 Å². The minimum Gasteiger partial charge on any atom is -0.379 e. The molecule has 20 heavy (non-hydrogen) atoms. The first kappa shape index (κ1) is 13.9. The van der Waals surface area contributed by atoms with Crippen molar-refractivity contribution in [2.24, 2.45) is 0 Å². The van der Waals surface area contributed by atoms with E-state index in [4.69, 9.17) is 0 Å². The lowest BCUT2D eigenvalue weighted by Gasteiger charge is -2.27. The zero-order valence-corrected chi connectivity index (χ0v) is 13.7. The molecule has 3 rings (SSSR count). The predicted octanol–water partition coefficient (Wildman–Crippen LogP) is 4.51. The number of nitrogens with zero attached hydrogens (tertiary/aromatic N) is 2. The van der Waals surface area contributed by atoms with Gasteiger partial charge in [-0.15, -0.1) is 11.3 Å². The number of hydrogen-bond donors (Lipinski definition) is 1. The smallest absolute Gasteiger partial charge is 0.128 e. The van der Waals surface area contributed by atoms with Gasteiger partial charge in [0.15, 0.2) is 0 Å². The van der Waals surface area contributed by atoms with Crippen molar-refractivity contribution in [2.45, 2.75) is 25.8 Å². The van der Waals surface area contributed by atoms with Gasteiger partial charge in [-0.05, 0) is 53.4 Å². The molecule has 0 spiro atoms. The van der Waals surface area contributed by atoms with Crippen molar-refractivity contribution >= 4 is 38.8 Å². The van der Waals surface area contributed by atoms with Crippen LogP contribution in [0.4, 0.5) is 11.5 Å². The summed E-state index contributed by atoms with van der Waals surface area (Å²) >= 11 is 5.23. The van der Waals surface area contributed by atoms with Gasteiger partial charge in [-0.25, -0.2) is 4.98 Å². The number of halogens is 1. The Kier molecular flexibility index (Phi) is 4.58. The molecule has 0 aliphatic carbocycles. The van der Waals surface area contributed by atoms with E-state index >= 15 is 0 Å². The average Bonchev–Trinajstić information content (AvgIpc) is 2.92. The van der Waals surface area contributed by atoms with Gasteiger partial charge in [0, 0.05) is 34.4 Å². The van der Waals surface area contributed by atoms with Gasteiger partial charge in [-0.3, -0.25) is 0 Å². The topological polar surface area (TPSA) is 28.2 Å². The minimum absolute atomic E-state index is 0.848. The Hall–Kier alpha value is -1.07. The van der Waals surface area contributed by atoms with Crippen molar-refractivity contribution in [3.05, 3.63) is 39.1 Å². The molecule has 0 unspecified atom stereocenters. The zero-order valence-electron chi connectivity index (χ0n) is 11.3. The first-order valence-corrected chi connectivity index (χ1v) is 8.66. The number of anilines is 2. The SMILES string of the molecule is Brc1csc(CNc2ccc(N3CCCCC3)nc2)c1. The number of piperidine rings is 1. The Morgan fingerprint density at radius 3 is 2.75 bits per heavy atom. The highest BCUT2D eigenvalue weighted by molar-refractivity contribution is 9.10. The van der Waals surface area contributed by atoms with E-state index in [9.17, 15) is 0 Å². The van der Waals surface area contributed by atoms with Gasteiger partial charge in [0.2, 0.25) is 0 Å². The maximum absolute atomic E-state index is 4.58. The fraction of sp³-hybridized carbons (Fsp3) is 0.400. The van der Waals surface area contributed by atoms with Crippen molar-refractivity contribution < 1.29 is 0 Å². The van der Waals surface area contributed by atoms with E-state index < -0.39 is 0 Å². The lowest BCUT2D eigenvalue weighted by atomic mass is 10.1. The summed E-state index contributed by atoms with van der Waals surface area (Å²) in [5.41, 5.74) is 1.08. The number of rotatable bonds is 4. The van der Waals surface area contributed by atoms with E-state index in [1.165, 1.54) is 24.1 Å². The molecule has 1 fully saturated rings. The van der Waals surface area contributed by atoms with Crippen LogP contribution in [0.1, 0.15) is 24.1 Å². The molecule has 0 radical (unpaired) electrons. The number of nitrogens with one attached hydrogen (secondary N) is 1. The summed E-state index contributed by atoms with van der Waals surface area (Å²) in [5, 5.41) is 5.52.